The summed E-state index contributed by atoms with van der Waals surface area (Å²) < 4.78 is 46.6. The topological polar surface area (TPSA) is 88.0 Å². The Bertz CT molecular complexity index is 627. The molecule has 0 radical (unpaired) electrons. The van der Waals surface area contributed by atoms with Crippen LogP contribution in [-0.2, 0) is 4.57 Å². The number of anilines is 1. The molecule has 0 amide bonds. The van der Waals surface area contributed by atoms with Crippen LogP contribution in [0.15, 0.2) is 18.2 Å². The first-order valence-corrected chi connectivity index (χ1v) is 8.56. The van der Waals surface area contributed by atoms with E-state index in [2.05, 4.69) is 14.8 Å². The first kappa shape index (κ1) is 15.5. The lowest BCUT2D eigenvalue weighted by Crippen LogP contribution is -2.40. The molecule has 1 aromatic rings. The summed E-state index contributed by atoms with van der Waals surface area (Å²) in [4.78, 5) is 19.4. The Hall–Kier alpha value is -1.37. The van der Waals surface area contributed by atoms with E-state index in [9.17, 15) is 23.1 Å². The fourth-order valence-electron chi connectivity index (χ4n) is 2.92. The number of halogens is 2. The molecule has 0 unspecified atom stereocenters. The van der Waals surface area contributed by atoms with Gasteiger partial charge in [0.25, 0.3) is 0 Å². The van der Waals surface area contributed by atoms with Crippen molar-refractivity contribution in [1.82, 2.24) is 0 Å². The van der Waals surface area contributed by atoms with Gasteiger partial charge in [-0.15, -0.1) is 8.78 Å². The smallest absolute Gasteiger partial charge is 0.395 e. The maximum atomic E-state index is 13.0. The molecule has 1 aliphatic heterocycles. The van der Waals surface area contributed by atoms with Gasteiger partial charge in [-0.05, 0) is 25.0 Å². The van der Waals surface area contributed by atoms with E-state index in [0.29, 0.717) is 31.4 Å². The van der Waals surface area contributed by atoms with Crippen molar-refractivity contribution in [3.8, 4) is 11.5 Å². The highest BCUT2D eigenvalue weighted by atomic mass is 31.2. The van der Waals surface area contributed by atoms with E-state index in [1.54, 1.807) is 0 Å². The van der Waals surface area contributed by atoms with Gasteiger partial charge in [-0.25, -0.2) is 0 Å². The van der Waals surface area contributed by atoms with Crippen LogP contribution in [0.4, 0.5) is 14.5 Å². The van der Waals surface area contributed by atoms with E-state index >= 15 is 0 Å². The Kier molecular flexibility index (Phi) is 3.58. The fourth-order valence-corrected chi connectivity index (χ4v) is 4.09. The number of benzene rings is 1. The van der Waals surface area contributed by atoms with Crippen LogP contribution < -0.4 is 14.8 Å². The minimum absolute atomic E-state index is 0.107. The minimum Gasteiger partial charge on any atom is -0.395 e. The average molecular weight is 335 g/mol. The number of ether oxygens (including phenoxy) is 2. The quantitative estimate of drug-likeness (QED) is 0.735. The van der Waals surface area contributed by atoms with Gasteiger partial charge in [-0.1, -0.05) is 19.3 Å². The van der Waals surface area contributed by atoms with Crippen LogP contribution in [0.1, 0.15) is 32.1 Å². The SMILES string of the molecule is O=P(O)(O)C1(Nc2ccc3c(c2)OC(F)(F)O3)CCCCC1. The van der Waals surface area contributed by atoms with Crippen molar-refractivity contribution in [2.75, 3.05) is 5.32 Å². The van der Waals surface area contributed by atoms with Crippen molar-refractivity contribution in [2.45, 2.75) is 43.7 Å². The van der Waals surface area contributed by atoms with Crippen LogP contribution in [0.5, 0.6) is 11.5 Å². The third kappa shape index (κ3) is 2.78. The van der Waals surface area contributed by atoms with Crippen LogP contribution >= 0.6 is 7.60 Å². The molecule has 1 heterocycles. The normalized spacial score (nSPS) is 22.4. The molecule has 1 fully saturated rings. The van der Waals surface area contributed by atoms with Crippen molar-refractivity contribution < 1.29 is 32.6 Å². The van der Waals surface area contributed by atoms with Gasteiger partial charge in [0.05, 0.1) is 0 Å². The van der Waals surface area contributed by atoms with E-state index in [1.807, 2.05) is 0 Å². The van der Waals surface area contributed by atoms with Gasteiger partial charge in [0, 0.05) is 11.8 Å². The van der Waals surface area contributed by atoms with Crippen molar-refractivity contribution in [3.63, 3.8) is 0 Å². The van der Waals surface area contributed by atoms with E-state index in [-0.39, 0.29) is 11.5 Å². The molecule has 122 valence electrons. The van der Waals surface area contributed by atoms with Crippen molar-refractivity contribution in [2.24, 2.45) is 0 Å². The summed E-state index contributed by atoms with van der Waals surface area (Å²) in [5.74, 6) is -0.268. The Morgan fingerprint density at radius 3 is 2.36 bits per heavy atom. The van der Waals surface area contributed by atoms with Crippen LogP contribution in [0.25, 0.3) is 0 Å². The lowest BCUT2D eigenvalue weighted by Gasteiger charge is -2.39. The highest BCUT2D eigenvalue weighted by Gasteiger charge is 2.48. The lowest BCUT2D eigenvalue weighted by atomic mass is 9.94. The number of alkyl halides is 2. The molecule has 1 aliphatic carbocycles. The molecule has 0 spiro atoms. The molecule has 2 aliphatic rings. The monoisotopic (exact) mass is 335 g/mol. The number of rotatable bonds is 3. The van der Waals surface area contributed by atoms with Gasteiger partial charge in [-0.3, -0.25) is 4.57 Å². The summed E-state index contributed by atoms with van der Waals surface area (Å²) in [5, 5.41) is 1.49. The molecule has 3 rings (SSSR count). The molecule has 0 saturated heterocycles. The second-order valence-electron chi connectivity index (χ2n) is 5.59. The Morgan fingerprint density at radius 2 is 1.73 bits per heavy atom. The molecule has 6 nitrogen and oxygen atoms in total. The van der Waals surface area contributed by atoms with E-state index in [1.165, 1.54) is 18.2 Å². The van der Waals surface area contributed by atoms with Crippen LogP contribution in [-0.4, -0.2) is 21.4 Å². The van der Waals surface area contributed by atoms with Gasteiger partial charge in [-0.2, -0.15) is 0 Å². The predicted molar refractivity (Wildman–Crippen MR) is 74.1 cm³/mol. The Labute approximate surface area is 125 Å². The largest absolute Gasteiger partial charge is 0.586 e. The number of fused-ring (bicyclic) bond motifs is 1. The molecule has 0 aromatic heterocycles. The summed E-state index contributed by atoms with van der Waals surface area (Å²) in [6.07, 6.45) is -0.769. The standard InChI is InChI=1S/C13H16F2NO5P/c14-13(15)20-10-5-4-9(8-11(10)21-13)16-12(22(17,18)19)6-2-1-3-7-12/h4-5,8,16H,1-3,6-7H2,(H2,17,18,19). The van der Waals surface area contributed by atoms with Gasteiger partial charge in [0.2, 0.25) is 0 Å². The van der Waals surface area contributed by atoms with Crippen molar-refractivity contribution in [3.05, 3.63) is 18.2 Å². The summed E-state index contributed by atoms with van der Waals surface area (Å²) in [6.45, 7) is 0. The number of nitrogens with one attached hydrogen (secondary N) is 1. The van der Waals surface area contributed by atoms with Gasteiger partial charge >= 0.3 is 13.9 Å². The lowest BCUT2D eigenvalue weighted by molar-refractivity contribution is -0.286. The molecule has 22 heavy (non-hydrogen) atoms. The number of hydrogen-bond donors (Lipinski definition) is 3. The highest BCUT2D eigenvalue weighted by molar-refractivity contribution is 7.53. The van der Waals surface area contributed by atoms with Gasteiger partial charge in [0.1, 0.15) is 5.28 Å². The van der Waals surface area contributed by atoms with Gasteiger partial charge in [0.15, 0.2) is 11.5 Å². The van der Waals surface area contributed by atoms with E-state index < -0.39 is 19.2 Å². The number of hydrogen-bond acceptors (Lipinski definition) is 4. The zero-order chi connectivity index (χ0) is 16.0. The van der Waals surface area contributed by atoms with Crippen molar-refractivity contribution in [1.29, 1.82) is 0 Å². The molecule has 9 heteroatoms. The average Bonchev–Trinajstić information content (AvgIpc) is 2.72. The minimum atomic E-state index is -4.41. The molecule has 1 saturated carbocycles. The first-order chi connectivity index (χ1) is 10.2. The van der Waals surface area contributed by atoms with E-state index in [4.69, 9.17) is 0 Å². The second kappa shape index (κ2) is 5.08. The van der Waals surface area contributed by atoms with Crippen LogP contribution in [0, 0.1) is 0 Å². The van der Waals surface area contributed by atoms with Crippen LogP contribution in [0.3, 0.4) is 0 Å². The zero-order valence-corrected chi connectivity index (χ0v) is 12.5. The maximum Gasteiger partial charge on any atom is 0.586 e. The summed E-state index contributed by atoms with van der Waals surface area (Å²) in [5.41, 5.74) is 0.310. The molecule has 1 aromatic carbocycles. The molecule has 3 N–H and O–H groups in total. The summed E-state index contributed by atoms with van der Waals surface area (Å²) in [6, 6.07) is 3.99. The predicted octanol–water partition coefficient (Wildman–Crippen LogP) is 3.26. The maximum absolute atomic E-state index is 13.0. The summed E-state index contributed by atoms with van der Waals surface area (Å²) >= 11 is 0. The molecule has 0 bridgehead atoms. The molecule has 0 atom stereocenters. The Morgan fingerprint density at radius 1 is 1.09 bits per heavy atom. The van der Waals surface area contributed by atoms with Crippen molar-refractivity contribution >= 4 is 13.3 Å². The first-order valence-electron chi connectivity index (χ1n) is 6.95. The zero-order valence-electron chi connectivity index (χ0n) is 11.6. The second-order valence-corrected chi connectivity index (χ2v) is 7.53. The third-order valence-corrected chi connectivity index (χ3v) is 5.69. The summed E-state index contributed by atoms with van der Waals surface area (Å²) in [7, 11) is -4.41. The third-order valence-electron chi connectivity index (χ3n) is 4.02. The highest BCUT2D eigenvalue weighted by Crippen LogP contribution is 2.57. The fraction of sp³-hybridized carbons (Fsp3) is 0.538. The molecular formula is C13H16F2NO5P. The van der Waals surface area contributed by atoms with Gasteiger partial charge < -0.3 is 24.6 Å². The Balaban J connectivity index is 1.88. The molecular weight excluding hydrogens is 319 g/mol. The van der Waals surface area contributed by atoms with Crippen LogP contribution in [0.2, 0.25) is 0 Å². The van der Waals surface area contributed by atoms with E-state index in [0.717, 1.165) is 6.42 Å².